The van der Waals surface area contributed by atoms with E-state index in [4.69, 9.17) is 9.84 Å². The maximum Gasteiger partial charge on any atom is 0.226 e. The number of aliphatic hydroxyl groups excluding tert-OH is 1. The first-order chi connectivity index (χ1) is 8.15. The van der Waals surface area contributed by atoms with Gasteiger partial charge in [-0.1, -0.05) is 17.7 Å². The van der Waals surface area contributed by atoms with Crippen LogP contribution >= 0.6 is 0 Å². The quantitative estimate of drug-likeness (QED) is 0.846. The molecule has 0 aliphatic carbocycles. The SMILES string of the molecule is Cc1ccc(OCCC(=O)N2CC(O)C2)cc1. The zero-order valence-corrected chi connectivity index (χ0v) is 9.93. The van der Waals surface area contributed by atoms with Crippen LogP contribution in [0.4, 0.5) is 0 Å². The summed E-state index contributed by atoms with van der Waals surface area (Å²) in [6, 6.07) is 7.74. The Kier molecular flexibility index (Phi) is 3.64. The molecule has 17 heavy (non-hydrogen) atoms. The summed E-state index contributed by atoms with van der Waals surface area (Å²) in [4.78, 5) is 13.2. The van der Waals surface area contributed by atoms with Crippen molar-refractivity contribution in [3.63, 3.8) is 0 Å². The lowest BCUT2D eigenvalue weighted by Crippen LogP contribution is -2.53. The van der Waals surface area contributed by atoms with E-state index in [9.17, 15) is 4.79 Å². The second-order valence-electron chi connectivity index (χ2n) is 4.36. The minimum Gasteiger partial charge on any atom is -0.493 e. The number of amides is 1. The number of β-amino-alcohol motifs (C(OH)–C–C–N with tert-alkyl or cyclic N) is 1. The number of nitrogens with zero attached hydrogens (tertiary/aromatic N) is 1. The van der Waals surface area contributed by atoms with Crippen LogP contribution in [0.3, 0.4) is 0 Å². The molecule has 0 atom stereocenters. The Balaban J connectivity index is 1.69. The molecular weight excluding hydrogens is 218 g/mol. The van der Waals surface area contributed by atoms with Crippen LogP contribution in [0, 0.1) is 6.92 Å². The van der Waals surface area contributed by atoms with Gasteiger partial charge in [-0.2, -0.15) is 0 Å². The van der Waals surface area contributed by atoms with E-state index in [-0.39, 0.29) is 12.0 Å². The predicted molar refractivity (Wildman–Crippen MR) is 63.9 cm³/mol. The van der Waals surface area contributed by atoms with Gasteiger partial charge in [-0.3, -0.25) is 4.79 Å². The molecule has 1 heterocycles. The van der Waals surface area contributed by atoms with Gasteiger partial charge in [-0.05, 0) is 19.1 Å². The van der Waals surface area contributed by atoms with Crippen molar-refractivity contribution in [2.45, 2.75) is 19.4 Å². The number of carbonyl (C=O) groups excluding carboxylic acids is 1. The first-order valence-corrected chi connectivity index (χ1v) is 5.80. The van der Waals surface area contributed by atoms with Crippen LogP contribution < -0.4 is 4.74 Å². The minimum absolute atomic E-state index is 0.0439. The third-order valence-corrected chi connectivity index (χ3v) is 2.82. The zero-order valence-electron chi connectivity index (χ0n) is 9.93. The Morgan fingerprint density at radius 3 is 2.65 bits per heavy atom. The Morgan fingerprint density at radius 2 is 2.06 bits per heavy atom. The zero-order chi connectivity index (χ0) is 12.3. The van der Waals surface area contributed by atoms with E-state index in [1.54, 1.807) is 4.90 Å². The second kappa shape index (κ2) is 5.19. The normalized spacial score (nSPS) is 15.5. The van der Waals surface area contributed by atoms with Gasteiger partial charge in [-0.15, -0.1) is 0 Å². The fourth-order valence-corrected chi connectivity index (χ4v) is 1.71. The summed E-state index contributed by atoms with van der Waals surface area (Å²) in [5, 5.41) is 9.07. The Morgan fingerprint density at radius 1 is 1.41 bits per heavy atom. The lowest BCUT2D eigenvalue weighted by atomic mass is 10.1. The van der Waals surface area contributed by atoms with Crippen LogP contribution in [0.25, 0.3) is 0 Å². The fourth-order valence-electron chi connectivity index (χ4n) is 1.71. The molecule has 2 rings (SSSR count). The molecule has 1 aliphatic heterocycles. The highest BCUT2D eigenvalue weighted by molar-refractivity contribution is 5.77. The molecule has 1 fully saturated rings. The first-order valence-electron chi connectivity index (χ1n) is 5.80. The van der Waals surface area contributed by atoms with Crippen LogP contribution in [0.1, 0.15) is 12.0 Å². The smallest absolute Gasteiger partial charge is 0.226 e. The summed E-state index contributed by atoms with van der Waals surface area (Å²) >= 11 is 0. The summed E-state index contributed by atoms with van der Waals surface area (Å²) < 4.78 is 5.47. The summed E-state index contributed by atoms with van der Waals surface area (Å²) in [5.41, 5.74) is 1.18. The van der Waals surface area contributed by atoms with E-state index in [0.717, 1.165) is 5.75 Å². The number of aliphatic hydroxyl groups is 1. The summed E-state index contributed by atoms with van der Waals surface area (Å²) in [7, 11) is 0. The number of rotatable bonds is 4. The van der Waals surface area contributed by atoms with E-state index >= 15 is 0 Å². The van der Waals surface area contributed by atoms with Crippen LogP contribution in [0.5, 0.6) is 5.75 Å². The third-order valence-electron chi connectivity index (χ3n) is 2.82. The van der Waals surface area contributed by atoms with E-state index < -0.39 is 0 Å². The highest BCUT2D eigenvalue weighted by atomic mass is 16.5. The molecule has 1 N–H and O–H groups in total. The number of benzene rings is 1. The van der Waals surface area contributed by atoms with Gasteiger partial charge in [0.15, 0.2) is 0 Å². The van der Waals surface area contributed by atoms with Gasteiger partial charge < -0.3 is 14.7 Å². The van der Waals surface area contributed by atoms with E-state index in [0.29, 0.717) is 26.1 Å². The molecule has 1 aromatic carbocycles. The Labute approximate surface area is 101 Å². The second-order valence-corrected chi connectivity index (χ2v) is 4.36. The standard InChI is InChI=1S/C13H17NO3/c1-10-2-4-12(5-3-10)17-7-6-13(16)14-8-11(15)9-14/h2-5,11,15H,6-9H2,1H3. The van der Waals surface area contributed by atoms with Gasteiger partial charge in [0, 0.05) is 13.1 Å². The molecular formula is C13H17NO3. The first kappa shape index (κ1) is 11.9. The molecule has 4 nitrogen and oxygen atoms in total. The van der Waals surface area contributed by atoms with Gasteiger partial charge in [0.2, 0.25) is 5.91 Å². The molecule has 0 spiro atoms. The van der Waals surface area contributed by atoms with Gasteiger partial charge in [0.25, 0.3) is 0 Å². The minimum atomic E-state index is -0.336. The Bertz CT molecular complexity index is 382. The molecule has 1 saturated heterocycles. The van der Waals surface area contributed by atoms with Crippen molar-refractivity contribution in [1.29, 1.82) is 0 Å². The van der Waals surface area contributed by atoms with Crippen LogP contribution in [-0.4, -0.2) is 41.7 Å². The van der Waals surface area contributed by atoms with Crippen LogP contribution in [0.2, 0.25) is 0 Å². The lowest BCUT2D eigenvalue weighted by Gasteiger charge is -2.35. The van der Waals surface area contributed by atoms with Crippen LogP contribution in [0.15, 0.2) is 24.3 Å². The van der Waals surface area contributed by atoms with Crippen molar-refractivity contribution < 1.29 is 14.6 Å². The molecule has 4 heteroatoms. The van der Waals surface area contributed by atoms with E-state index in [2.05, 4.69) is 0 Å². The lowest BCUT2D eigenvalue weighted by molar-refractivity contribution is -0.141. The van der Waals surface area contributed by atoms with Gasteiger partial charge in [0.1, 0.15) is 5.75 Å². The van der Waals surface area contributed by atoms with Crippen molar-refractivity contribution in [1.82, 2.24) is 4.90 Å². The average molecular weight is 235 g/mol. The van der Waals surface area contributed by atoms with E-state index in [1.807, 2.05) is 31.2 Å². The molecule has 1 amide bonds. The topological polar surface area (TPSA) is 49.8 Å². The summed E-state index contributed by atoms with van der Waals surface area (Å²) in [6.07, 6.45) is 0.0256. The molecule has 0 unspecified atom stereocenters. The molecule has 1 aliphatic rings. The van der Waals surface area contributed by atoms with Crippen molar-refractivity contribution in [2.24, 2.45) is 0 Å². The van der Waals surface area contributed by atoms with Gasteiger partial charge >= 0.3 is 0 Å². The molecule has 0 radical (unpaired) electrons. The average Bonchev–Trinajstić information content (AvgIpc) is 2.27. The number of hydrogen-bond acceptors (Lipinski definition) is 3. The fraction of sp³-hybridized carbons (Fsp3) is 0.462. The number of ether oxygens (including phenoxy) is 1. The predicted octanol–water partition coefficient (Wildman–Crippen LogP) is 0.967. The maximum absolute atomic E-state index is 11.6. The van der Waals surface area contributed by atoms with Gasteiger partial charge in [0.05, 0.1) is 19.1 Å². The summed E-state index contributed by atoms with van der Waals surface area (Å²) in [6.45, 7) is 3.32. The number of carbonyl (C=O) groups is 1. The van der Waals surface area contributed by atoms with Crippen molar-refractivity contribution in [3.8, 4) is 5.75 Å². The molecule has 0 saturated carbocycles. The number of hydrogen-bond donors (Lipinski definition) is 1. The van der Waals surface area contributed by atoms with Gasteiger partial charge in [-0.25, -0.2) is 0 Å². The van der Waals surface area contributed by atoms with Crippen molar-refractivity contribution in [2.75, 3.05) is 19.7 Å². The third kappa shape index (κ3) is 3.20. The number of likely N-dealkylation sites (tertiary alicyclic amines) is 1. The van der Waals surface area contributed by atoms with E-state index in [1.165, 1.54) is 5.56 Å². The number of aryl methyl sites for hydroxylation is 1. The largest absolute Gasteiger partial charge is 0.493 e. The van der Waals surface area contributed by atoms with Crippen LogP contribution in [-0.2, 0) is 4.79 Å². The molecule has 0 bridgehead atoms. The maximum atomic E-state index is 11.6. The molecule has 92 valence electrons. The van der Waals surface area contributed by atoms with Crippen molar-refractivity contribution >= 4 is 5.91 Å². The van der Waals surface area contributed by atoms with Crippen molar-refractivity contribution in [3.05, 3.63) is 29.8 Å². The monoisotopic (exact) mass is 235 g/mol. The highest BCUT2D eigenvalue weighted by Gasteiger charge is 2.28. The summed E-state index contributed by atoms with van der Waals surface area (Å²) in [5.74, 6) is 0.828. The highest BCUT2D eigenvalue weighted by Crippen LogP contribution is 2.13. The Hall–Kier alpha value is -1.55. The molecule has 1 aromatic rings. The molecule has 0 aromatic heterocycles.